The van der Waals surface area contributed by atoms with Crippen molar-refractivity contribution in [2.24, 2.45) is 0 Å². The van der Waals surface area contributed by atoms with E-state index in [9.17, 15) is 0 Å². The van der Waals surface area contributed by atoms with Crippen LogP contribution < -0.4 is 4.74 Å². The lowest BCUT2D eigenvalue weighted by Gasteiger charge is -2.14. The number of ether oxygens (including phenoxy) is 1. The summed E-state index contributed by atoms with van der Waals surface area (Å²) >= 11 is 3.46. The fourth-order valence-corrected chi connectivity index (χ4v) is 1.72. The number of rotatable bonds is 4. The van der Waals surface area contributed by atoms with Crippen molar-refractivity contribution in [2.45, 2.75) is 13.5 Å². The molecule has 0 unspecified atom stereocenters. The van der Waals surface area contributed by atoms with Gasteiger partial charge >= 0.3 is 0 Å². The minimum absolute atomic E-state index is 0.710. The van der Waals surface area contributed by atoms with E-state index in [-0.39, 0.29) is 0 Å². The Morgan fingerprint density at radius 1 is 1.36 bits per heavy atom. The molecule has 0 bridgehead atoms. The van der Waals surface area contributed by atoms with Gasteiger partial charge in [-0.05, 0) is 39.2 Å². The van der Waals surface area contributed by atoms with Crippen molar-refractivity contribution in [3.63, 3.8) is 0 Å². The summed E-state index contributed by atoms with van der Waals surface area (Å²) in [7, 11) is 4.10. The molecular formula is C11H16BrNO. The minimum atomic E-state index is 0.710. The van der Waals surface area contributed by atoms with E-state index in [2.05, 4.69) is 41.0 Å². The molecular weight excluding hydrogens is 242 g/mol. The van der Waals surface area contributed by atoms with Crippen molar-refractivity contribution >= 4 is 15.9 Å². The van der Waals surface area contributed by atoms with E-state index in [4.69, 9.17) is 4.74 Å². The fraction of sp³-hybridized carbons (Fsp3) is 0.455. The van der Waals surface area contributed by atoms with Crippen LogP contribution >= 0.6 is 15.9 Å². The zero-order valence-corrected chi connectivity index (χ0v) is 10.5. The molecule has 0 aromatic heterocycles. The van der Waals surface area contributed by atoms with Gasteiger partial charge in [-0.3, -0.25) is 0 Å². The van der Waals surface area contributed by atoms with Crippen LogP contribution in [0.15, 0.2) is 22.7 Å². The summed E-state index contributed by atoms with van der Waals surface area (Å²) < 4.78 is 6.64. The molecule has 1 aromatic rings. The third-order valence-electron chi connectivity index (χ3n) is 1.81. The summed E-state index contributed by atoms with van der Waals surface area (Å²) in [4.78, 5) is 2.13. The smallest absolute Gasteiger partial charge is 0.123 e. The van der Waals surface area contributed by atoms with Crippen molar-refractivity contribution in [3.8, 4) is 5.75 Å². The summed E-state index contributed by atoms with van der Waals surface area (Å²) in [6.45, 7) is 3.61. The highest BCUT2D eigenvalue weighted by molar-refractivity contribution is 9.10. The van der Waals surface area contributed by atoms with Gasteiger partial charge in [-0.25, -0.2) is 0 Å². The second-order valence-corrected chi connectivity index (χ2v) is 4.34. The lowest BCUT2D eigenvalue weighted by atomic mass is 10.2. The molecule has 0 atom stereocenters. The van der Waals surface area contributed by atoms with Crippen LogP contribution in [0.4, 0.5) is 0 Å². The Labute approximate surface area is 94.0 Å². The Kier molecular flexibility index (Phi) is 4.42. The van der Waals surface area contributed by atoms with Crippen molar-refractivity contribution < 1.29 is 4.74 Å². The Hall–Kier alpha value is -0.540. The maximum atomic E-state index is 5.55. The third-order valence-corrected chi connectivity index (χ3v) is 2.30. The number of benzene rings is 1. The summed E-state index contributed by atoms with van der Waals surface area (Å²) in [5, 5.41) is 0. The normalized spacial score (nSPS) is 10.6. The Bertz CT molecular complexity index is 299. The molecule has 78 valence electrons. The van der Waals surface area contributed by atoms with Crippen LogP contribution in [0, 0.1) is 0 Å². The largest absolute Gasteiger partial charge is 0.494 e. The number of hydrogen-bond acceptors (Lipinski definition) is 2. The van der Waals surface area contributed by atoms with E-state index in [1.165, 1.54) is 5.56 Å². The van der Waals surface area contributed by atoms with Crippen LogP contribution in [-0.2, 0) is 6.54 Å². The molecule has 0 heterocycles. The molecule has 0 aliphatic heterocycles. The molecule has 0 saturated heterocycles. The molecule has 0 saturated carbocycles. The first-order valence-electron chi connectivity index (χ1n) is 4.69. The van der Waals surface area contributed by atoms with Gasteiger partial charge in [-0.1, -0.05) is 15.9 Å². The van der Waals surface area contributed by atoms with Crippen LogP contribution in [0.1, 0.15) is 12.5 Å². The molecule has 1 aromatic carbocycles. The maximum absolute atomic E-state index is 5.55. The third kappa shape index (κ3) is 3.31. The maximum Gasteiger partial charge on any atom is 0.123 e. The minimum Gasteiger partial charge on any atom is -0.494 e. The van der Waals surface area contributed by atoms with E-state index in [1.54, 1.807) is 0 Å². The Balaban J connectivity index is 2.90. The standard InChI is InChI=1S/C11H16BrNO/c1-4-14-11-6-5-10(12)7-9(11)8-13(2)3/h5-7H,4,8H2,1-3H3. The van der Waals surface area contributed by atoms with Gasteiger partial charge in [-0.2, -0.15) is 0 Å². The van der Waals surface area contributed by atoms with Crippen molar-refractivity contribution in [3.05, 3.63) is 28.2 Å². The quantitative estimate of drug-likeness (QED) is 0.823. The first-order chi connectivity index (χ1) is 6.63. The highest BCUT2D eigenvalue weighted by atomic mass is 79.9. The Morgan fingerprint density at radius 2 is 2.07 bits per heavy atom. The summed E-state index contributed by atoms with van der Waals surface area (Å²) in [5.41, 5.74) is 1.21. The molecule has 0 N–H and O–H groups in total. The van der Waals surface area contributed by atoms with Crippen LogP contribution in [0.3, 0.4) is 0 Å². The van der Waals surface area contributed by atoms with Gasteiger partial charge in [0.2, 0.25) is 0 Å². The SMILES string of the molecule is CCOc1ccc(Br)cc1CN(C)C. The van der Waals surface area contributed by atoms with Gasteiger partial charge in [0.1, 0.15) is 5.75 Å². The summed E-state index contributed by atoms with van der Waals surface area (Å²) in [6.07, 6.45) is 0. The molecule has 3 heteroatoms. The first-order valence-corrected chi connectivity index (χ1v) is 5.48. The van der Waals surface area contributed by atoms with E-state index in [0.717, 1.165) is 16.8 Å². The molecule has 0 fully saturated rings. The molecule has 0 amide bonds. The van der Waals surface area contributed by atoms with Crippen LogP contribution in [0.25, 0.3) is 0 Å². The van der Waals surface area contributed by atoms with E-state index >= 15 is 0 Å². The molecule has 14 heavy (non-hydrogen) atoms. The van der Waals surface area contributed by atoms with Gasteiger partial charge in [-0.15, -0.1) is 0 Å². The number of nitrogens with zero attached hydrogens (tertiary/aromatic N) is 1. The molecule has 0 spiro atoms. The monoisotopic (exact) mass is 257 g/mol. The van der Waals surface area contributed by atoms with E-state index in [1.807, 2.05) is 19.1 Å². The van der Waals surface area contributed by atoms with Crippen LogP contribution in [0.5, 0.6) is 5.75 Å². The van der Waals surface area contributed by atoms with Gasteiger partial charge in [0.25, 0.3) is 0 Å². The second-order valence-electron chi connectivity index (χ2n) is 3.42. The van der Waals surface area contributed by atoms with E-state index < -0.39 is 0 Å². The zero-order valence-electron chi connectivity index (χ0n) is 8.88. The lowest BCUT2D eigenvalue weighted by Crippen LogP contribution is -2.12. The van der Waals surface area contributed by atoms with Crippen LogP contribution in [0.2, 0.25) is 0 Å². The molecule has 2 nitrogen and oxygen atoms in total. The van der Waals surface area contributed by atoms with E-state index in [0.29, 0.717) is 6.61 Å². The van der Waals surface area contributed by atoms with Gasteiger partial charge < -0.3 is 9.64 Å². The van der Waals surface area contributed by atoms with Gasteiger partial charge in [0.15, 0.2) is 0 Å². The number of hydrogen-bond donors (Lipinski definition) is 0. The second kappa shape index (κ2) is 5.37. The molecule has 0 aliphatic carbocycles. The highest BCUT2D eigenvalue weighted by Gasteiger charge is 2.04. The predicted molar refractivity (Wildman–Crippen MR) is 62.7 cm³/mol. The van der Waals surface area contributed by atoms with Crippen molar-refractivity contribution in [2.75, 3.05) is 20.7 Å². The van der Waals surface area contributed by atoms with Crippen molar-refractivity contribution in [1.29, 1.82) is 0 Å². The van der Waals surface area contributed by atoms with Crippen molar-refractivity contribution in [1.82, 2.24) is 4.90 Å². The van der Waals surface area contributed by atoms with Gasteiger partial charge in [0, 0.05) is 16.6 Å². The number of halogens is 1. The molecule has 0 aliphatic rings. The molecule has 0 radical (unpaired) electrons. The zero-order chi connectivity index (χ0) is 10.6. The summed E-state index contributed by atoms with van der Waals surface area (Å²) in [6, 6.07) is 6.11. The molecule has 1 rings (SSSR count). The lowest BCUT2D eigenvalue weighted by molar-refractivity contribution is 0.325. The fourth-order valence-electron chi connectivity index (χ4n) is 1.31. The average Bonchev–Trinajstić information content (AvgIpc) is 2.09. The summed E-state index contributed by atoms with van der Waals surface area (Å²) in [5.74, 6) is 0.976. The first kappa shape index (κ1) is 11.5. The van der Waals surface area contributed by atoms with Crippen LogP contribution in [-0.4, -0.2) is 25.6 Å². The Morgan fingerprint density at radius 3 is 2.64 bits per heavy atom. The predicted octanol–water partition coefficient (Wildman–Crippen LogP) is 2.91. The average molecular weight is 258 g/mol. The topological polar surface area (TPSA) is 12.5 Å². The highest BCUT2D eigenvalue weighted by Crippen LogP contribution is 2.24. The van der Waals surface area contributed by atoms with Gasteiger partial charge in [0.05, 0.1) is 6.61 Å².